The molecule has 3 atom stereocenters. The van der Waals surface area contributed by atoms with Crippen LogP contribution in [0.5, 0.6) is 0 Å². The average molecular weight is 1150 g/mol. The number of nitrogens with zero attached hydrogens (tertiary/aromatic N) is 3. The van der Waals surface area contributed by atoms with E-state index in [9.17, 15) is 49.2 Å². The number of nitrogens with one attached hydrogen (secondary N) is 2. The van der Waals surface area contributed by atoms with Crippen LogP contribution in [-0.2, 0) is 64.2 Å². The van der Waals surface area contributed by atoms with Gasteiger partial charge in [0.25, 0.3) is 0 Å². The summed E-state index contributed by atoms with van der Waals surface area (Å²) < 4.78 is 15.8. The number of alkyl carbamates (subject to hydrolysis) is 2. The Morgan fingerprint density at radius 1 is 0.622 bits per heavy atom. The molecule has 22 heteroatoms. The first-order chi connectivity index (χ1) is 32.6. The topological polar surface area (TPSA) is 271 Å². The zero-order valence-electron chi connectivity index (χ0n) is 44.0. The highest BCUT2D eigenvalue weighted by Crippen LogP contribution is 2.32. The third-order valence-electron chi connectivity index (χ3n) is 11.1. The van der Waals surface area contributed by atoms with Gasteiger partial charge in [0, 0.05) is 60.7 Å². The lowest BCUT2D eigenvalue weighted by atomic mass is 9.99. The highest BCUT2D eigenvalue weighted by Gasteiger charge is 2.34. The molecule has 0 aromatic heterocycles. The quantitative estimate of drug-likeness (QED) is 0.0769. The molecule has 3 aliphatic rings. The molecule has 3 heterocycles. The van der Waals surface area contributed by atoms with E-state index in [0.717, 1.165) is 32.5 Å². The van der Waals surface area contributed by atoms with E-state index in [-0.39, 0.29) is 55.9 Å². The van der Waals surface area contributed by atoms with Crippen LogP contribution in [-0.4, -0.2) is 113 Å². The minimum atomic E-state index is -1.95. The summed E-state index contributed by atoms with van der Waals surface area (Å²) in [6, 6.07) is 14.0. The first-order valence-electron chi connectivity index (χ1n) is 23.3. The van der Waals surface area contributed by atoms with Crippen molar-refractivity contribution in [3.63, 3.8) is 0 Å². The third kappa shape index (κ3) is 20.9. The SMILES string of the molecule is C.CCOC(C)=O.CN1C(=O)C(N)CCc2cc(C(C)(O)O)ccc21.CN1C(=O)C(NC(=O)OC(C)(C)C)CCc2cc(Br)ccc21.CN1C(=O)C(NC(=O)OC(C)(C)C)CCc2cc(C(C)(O)O)ccc21.Cl.Cl. The number of amides is 5. The van der Waals surface area contributed by atoms with Crippen molar-refractivity contribution < 1.29 is 63.4 Å². The Kier molecular flexibility index (Phi) is 26.8. The summed E-state index contributed by atoms with van der Waals surface area (Å²) in [5.41, 5.74) is 10.5. The maximum atomic E-state index is 12.6. The number of hydrogen-bond donors (Lipinski definition) is 7. The predicted octanol–water partition coefficient (Wildman–Crippen LogP) is 7.03. The average Bonchev–Trinajstić information content (AvgIpc) is 3.49. The molecule has 416 valence electrons. The largest absolute Gasteiger partial charge is 0.466 e. The molecule has 5 amide bonds. The van der Waals surface area contributed by atoms with Crippen LogP contribution in [0.15, 0.2) is 59.1 Å². The van der Waals surface area contributed by atoms with Gasteiger partial charge in [-0.05, 0) is 160 Å². The van der Waals surface area contributed by atoms with Gasteiger partial charge in [0.05, 0.1) is 12.6 Å². The number of benzene rings is 3. The van der Waals surface area contributed by atoms with Crippen LogP contribution in [0.2, 0.25) is 0 Å². The Bertz CT molecular complexity index is 2400. The van der Waals surface area contributed by atoms with E-state index in [1.165, 1.54) is 30.6 Å². The Labute approximate surface area is 456 Å². The number of rotatable bonds is 5. The molecule has 0 bridgehead atoms. The van der Waals surface area contributed by atoms with Crippen LogP contribution in [0, 0.1) is 0 Å². The highest BCUT2D eigenvalue weighted by molar-refractivity contribution is 9.10. The van der Waals surface area contributed by atoms with Gasteiger partial charge >= 0.3 is 18.2 Å². The number of esters is 1. The van der Waals surface area contributed by atoms with Gasteiger partial charge in [-0.3, -0.25) is 19.2 Å². The molecule has 19 nitrogen and oxygen atoms in total. The van der Waals surface area contributed by atoms with Gasteiger partial charge in [0.2, 0.25) is 17.7 Å². The fourth-order valence-corrected chi connectivity index (χ4v) is 8.03. The van der Waals surface area contributed by atoms with Gasteiger partial charge in [-0.15, -0.1) is 24.8 Å². The van der Waals surface area contributed by atoms with Crippen LogP contribution < -0.4 is 31.1 Å². The molecule has 8 N–H and O–H groups in total. The lowest BCUT2D eigenvalue weighted by molar-refractivity contribution is -0.153. The normalized spacial score (nSPS) is 17.4. The number of carbonyl (C=O) groups excluding carboxylic acids is 6. The molecule has 3 aliphatic heterocycles. The van der Waals surface area contributed by atoms with Gasteiger partial charge in [0.1, 0.15) is 23.3 Å². The predicted molar refractivity (Wildman–Crippen MR) is 294 cm³/mol. The van der Waals surface area contributed by atoms with Gasteiger partial charge in [0.15, 0.2) is 11.6 Å². The number of ether oxygens (including phenoxy) is 3. The molecular weight excluding hydrogens is 1070 g/mol. The number of carbonyl (C=O) groups is 6. The molecule has 0 fully saturated rings. The van der Waals surface area contributed by atoms with Gasteiger partial charge in [-0.25, -0.2) is 9.59 Å². The van der Waals surface area contributed by atoms with Crippen LogP contribution in [0.25, 0.3) is 0 Å². The van der Waals surface area contributed by atoms with E-state index in [2.05, 4.69) is 31.3 Å². The number of anilines is 3. The lowest BCUT2D eigenvalue weighted by Crippen LogP contribution is -2.48. The summed E-state index contributed by atoms with van der Waals surface area (Å²) in [5, 5.41) is 44.0. The van der Waals surface area contributed by atoms with Crippen LogP contribution in [0.4, 0.5) is 26.7 Å². The zero-order valence-corrected chi connectivity index (χ0v) is 47.2. The molecule has 6 rings (SSSR count). The number of likely N-dealkylation sites (N-methyl/N-ethyl adjacent to an activating group) is 3. The van der Waals surface area contributed by atoms with Crippen molar-refractivity contribution in [2.75, 3.05) is 42.4 Å². The molecule has 3 aromatic rings. The number of nitrogens with two attached hydrogens (primary N) is 1. The number of hydrogen-bond acceptors (Lipinski definition) is 14. The van der Waals surface area contributed by atoms with E-state index in [1.807, 2.05) is 18.2 Å². The standard InChI is InChI=1S/C18H26N2O5.C16H21BrN2O3.C13H18N2O3.C4H8O2.CH4.2ClH/c1-17(2,3)25-16(22)19-13-8-6-11-10-12(18(4,23)24)7-9-14(11)20(5)15(13)21;1-16(2,3)22-15(21)18-12-7-5-10-9-11(17)6-8-13(10)19(4)14(12)20;1-13(17,18)9-4-6-11-8(7-9)3-5-10(14)12(16)15(11)2;1-3-6-4(2)5;;;/h7,9-10,13,23-24H,6,8H2,1-5H3,(H,19,22);6,8-9,12H,5,7H2,1-4H3,(H,18,21);4,6-7,10,17-18H,3,5,14H2,1-2H3;3H2,1-2H3;1H4;2*1H. The Hall–Kier alpha value is -5.06. The molecule has 0 saturated heterocycles. The van der Waals surface area contributed by atoms with Crippen molar-refractivity contribution in [2.45, 2.75) is 156 Å². The molecular formula is C52H79BrCl2N6O13. The van der Waals surface area contributed by atoms with Crippen LogP contribution in [0.1, 0.15) is 124 Å². The number of halogens is 3. The van der Waals surface area contributed by atoms with Crippen molar-refractivity contribution in [1.29, 1.82) is 0 Å². The third-order valence-corrected chi connectivity index (χ3v) is 11.6. The molecule has 0 radical (unpaired) electrons. The monoisotopic (exact) mass is 1140 g/mol. The minimum absolute atomic E-state index is 0. The number of fused-ring (bicyclic) bond motifs is 3. The Morgan fingerprint density at radius 3 is 1.28 bits per heavy atom. The summed E-state index contributed by atoms with van der Waals surface area (Å²) in [4.78, 5) is 75.4. The maximum absolute atomic E-state index is 12.6. The van der Waals surface area contributed by atoms with Crippen molar-refractivity contribution in [1.82, 2.24) is 10.6 Å². The summed E-state index contributed by atoms with van der Waals surface area (Å²) in [6.45, 7) is 16.9. The van der Waals surface area contributed by atoms with Gasteiger partial charge in [-0.1, -0.05) is 35.5 Å². The highest BCUT2D eigenvalue weighted by atomic mass is 79.9. The van der Waals surface area contributed by atoms with Crippen molar-refractivity contribution in [2.24, 2.45) is 5.73 Å². The van der Waals surface area contributed by atoms with Crippen LogP contribution in [0.3, 0.4) is 0 Å². The smallest absolute Gasteiger partial charge is 0.408 e. The summed E-state index contributed by atoms with van der Waals surface area (Å²) >= 11 is 3.45. The molecule has 74 heavy (non-hydrogen) atoms. The van der Waals surface area contributed by atoms with E-state index in [1.54, 1.807) is 111 Å². The second-order valence-electron chi connectivity index (χ2n) is 19.7. The van der Waals surface area contributed by atoms with Gasteiger partial charge in [-0.2, -0.15) is 0 Å². The summed E-state index contributed by atoms with van der Waals surface area (Å²) in [5.74, 6) is -4.51. The van der Waals surface area contributed by atoms with E-state index >= 15 is 0 Å². The Balaban J connectivity index is 0.00000101. The molecule has 3 aromatic carbocycles. The van der Waals surface area contributed by atoms with E-state index in [0.29, 0.717) is 61.9 Å². The second kappa shape index (κ2) is 28.7. The fourth-order valence-electron chi connectivity index (χ4n) is 7.62. The summed E-state index contributed by atoms with van der Waals surface area (Å²) in [6.07, 6.45) is 2.18. The van der Waals surface area contributed by atoms with Crippen molar-refractivity contribution >= 4 is 93.7 Å². The van der Waals surface area contributed by atoms with E-state index < -0.39 is 53.1 Å². The van der Waals surface area contributed by atoms with Crippen molar-refractivity contribution in [3.8, 4) is 0 Å². The number of aliphatic hydroxyl groups is 4. The number of aryl methyl sites for hydroxylation is 3. The lowest BCUT2D eigenvalue weighted by Gasteiger charge is -2.25. The first kappa shape index (κ1) is 68.9. The van der Waals surface area contributed by atoms with E-state index in [4.69, 9.17) is 15.2 Å². The second-order valence-corrected chi connectivity index (χ2v) is 20.7. The van der Waals surface area contributed by atoms with Crippen molar-refractivity contribution in [3.05, 3.63) is 86.9 Å². The maximum Gasteiger partial charge on any atom is 0.408 e. The molecule has 0 aliphatic carbocycles. The minimum Gasteiger partial charge on any atom is -0.466 e. The molecule has 0 spiro atoms. The first-order valence-corrected chi connectivity index (χ1v) is 24.1. The van der Waals surface area contributed by atoms with Gasteiger partial charge < -0.3 is 65.7 Å². The zero-order chi connectivity index (χ0) is 54.0. The summed E-state index contributed by atoms with van der Waals surface area (Å²) in [7, 11) is 5.04. The molecule has 0 saturated carbocycles. The molecule has 3 unspecified atom stereocenters. The Morgan fingerprint density at radius 2 is 0.959 bits per heavy atom. The fraction of sp³-hybridized carbons (Fsp3) is 0.538. The van der Waals surface area contributed by atoms with Crippen LogP contribution >= 0.6 is 40.7 Å².